The maximum Gasteiger partial charge on any atom is 0.234 e. The number of aryl methyl sites for hydroxylation is 1. The summed E-state index contributed by atoms with van der Waals surface area (Å²) >= 11 is 7.57. The van der Waals surface area contributed by atoms with Crippen LogP contribution in [0.3, 0.4) is 0 Å². The van der Waals surface area contributed by atoms with Gasteiger partial charge in [-0.25, -0.2) is 4.98 Å². The smallest absolute Gasteiger partial charge is 0.234 e. The van der Waals surface area contributed by atoms with E-state index in [2.05, 4.69) is 29.8 Å². The molecular formula is C21H24ClN3O2S. The molecule has 3 rings (SSSR count). The van der Waals surface area contributed by atoms with Crippen LogP contribution in [0.4, 0.5) is 5.69 Å². The van der Waals surface area contributed by atoms with E-state index in [0.29, 0.717) is 22.4 Å². The van der Waals surface area contributed by atoms with Gasteiger partial charge in [-0.3, -0.25) is 4.79 Å². The first-order valence-corrected chi connectivity index (χ1v) is 10.5. The highest BCUT2D eigenvalue weighted by Gasteiger charge is 2.15. The molecule has 0 unspecified atom stereocenters. The second kappa shape index (κ2) is 8.88. The Morgan fingerprint density at radius 1 is 1.32 bits per heavy atom. The van der Waals surface area contributed by atoms with Crippen molar-refractivity contribution in [1.29, 1.82) is 0 Å². The number of amides is 1. The van der Waals surface area contributed by atoms with Gasteiger partial charge < -0.3 is 14.6 Å². The summed E-state index contributed by atoms with van der Waals surface area (Å²) in [6.07, 6.45) is 0. The third-order valence-corrected chi connectivity index (χ3v) is 5.64. The Labute approximate surface area is 174 Å². The van der Waals surface area contributed by atoms with Gasteiger partial charge in [-0.15, -0.1) is 0 Å². The Morgan fingerprint density at radius 2 is 2.07 bits per heavy atom. The molecular weight excluding hydrogens is 394 g/mol. The zero-order chi connectivity index (χ0) is 20.3. The largest absolute Gasteiger partial charge is 0.495 e. The number of nitrogens with one attached hydrogen (secondary N) is 1. The number of thioether (sulfide) groups is 1. The van der Waals surface area contributed by atoms with Crippen molar-refractivity contribution in [1.82, 2.24) is 9.55 Å². The molecule has 1 heterocycles. The number of anilines is 1. The fourth-order valence-electron chi connectivity index (χ4n) is 2.95. The number of imidazole rings is 1. The second-order valence-electron chi connectivity index (χ2n) is 7.03. The number of fused-ring (bicyclic) bond motifs is 1. The van der Waals surface area contributed by atoms with E-state index in [4.69, 9.17) is 21.3 Å². The zero-order valence-electron chi connectivity index (χ0n) is 16.5. The quantitative estimate of drug-likeness (QED) is 0.523. The topological polar surface area (TPSA) is 56.1 Å². The molecule has 2 aromatic carbocycles. The SMILES string of the molecule is COc1cc(Cl)c(C)cc1NC(=O)CSc1nc2ccccc2n1CC(C)C. The van der Waals surface area contributed by atoms with Crippen molar-refractivity contribution >= 4 is 46.0 Å². The van der Waals surface area contributed by atoms with Crippen LogP contribution in [0.5, 0.6) is 5.75 Å². The molecule has 7 heteroatoms. The lowest BCUT2D eigenvalue weighted by atomic mass is 10.2. The monoisotopic (exact) mass is 417 g/mol. The molecule has 1 amide bonds. The van der Waals surface area contributed by atoms with E-state index >= 15 is 0 Å². The van der Waals surface area contributed by atoms with Gasteiger partial charge >= 0.3 is 0 Å². The average Bonchev–Trinajstić information content (AvgIpc) is 3.00. The first-order valence-electron chi connectivity index (χ1n) is 9.11. The van der Waals surface area contributed by atoms with Crippen molar-refractivity contribution in [2.45, 2.75) is 32.5 Å². The Balaban J connectivity index is 1.76. The van der Waals surface area contributed by atoms with Crippen LogP contribution in [-0.2, 0) is 11.3 Å². The second-order valence-corrected chi connectivity index (χ2v) is 8.38. The van der Waals surface area contributed by atoms with E-state index in [1.807, 2.05) is 31.2 Å². The molecule has 1 aromatic heterocycles. The van der Waals surface area contributed by atoms with E-state index in [0.717, 1.165) is 28.3 Å². The van der Waals surface area contributed by atoms with Crippen LogP contribution in [0.2, 0.25) is 5.02 Å². The molecule has 148 valence electrons. The standard InChI is InChI=1S/C21H24ClN3O2S/c1-13(2)11-25-18-8-6-5-7-16(18)24-21(25)28-12-20(26)23-17-9-14(3)15(22)10-19(17)27-4/h5-10,13H,11-12H2,1-4H3,(H,23,26). The average molecular weight is 418 g/mol. The Hall–Kier alpha value is -2.18. The summed E-state index contributed by atoms with van der Waals surface area (Å²) in [6.45, 7) is 7.09. The minimum atomic E-state index is -0.117. The highest BCUT2D eigenvalue weighted by molar-refractivity contribution is 7.99. The van der Waals surface area contributed by atoms with E-state index < -0.39 is 0 Å². The number of carbonyl (C=O) groups excluding carboxylic acids is 1. The first-order chi connectivity index (χ1) is 13.4. The van der Waals surface area contributed by atoms with Gasteiger partial charge in [-0.2, -0.15) is 0 Å². The summed E-state index contributed by atoms with van der Waals surface area (Å²) in [4.78, 5) is 17.2. The lowest BCUT2D eigenvalue weighted by Gasteiger charge is -2.13. The van der Waals surface area contributed by atoms with Gasteiger partial charge in [0, 0.05) is 17.6 Å². The van der Waals surface area contributed by atoms with Crippen LogP contribution >= 0.6 is 23.4 Å². The fraction of sp³-hybridized carbons (Fsp3) is 0.333. The summed E-state index contributed by atoms with van der Waals surface area (Å²) in [6, 6.07) is 11.6. The summed E-state index contributed by atoms with van der Waals surface area (Å²) in [5.41, 5.74) is 3.53. The number of hydrogen-bond donors (Lipinski definition) is 1. The molecule has 3 aromatic rings. The number of carbonyl (C=O) groups is 1. The highest BCUT2D eigenvalue weighted by Crippen LogP contribution is 2.31. The number of nitrogens with zero attached hydrogens (tertiary/aromatic N) is 2. The van der Waals surface area contributed by atoms with Crippen molar-refractivity contribution in [3.63, 3.8) is 0 Å². The van der Waals surface area contributed by atoms with Crippen molar-refractivity contribution in [2.24, 2.45) is 5.92 Å². The van der Waals surface area contributed by atoms with Gasteiger partial charge in [0.2, 0.25) is 5.91 Å². The van der Waals surface area contributed by atoms with Crippen LogP contribution < -0.4 is 10.1 Å². The maximum atomic E-state index is 12.5. The van der Waals surface area contributed by atoms with E-state index in [-0.39, 0.29) is 11.7 Å². The van der Waals surface area contributed by atoms with Crippen molar-refractivity contribution in [2.75, 3.05) is 18.2 Å². The molecule has 0 saturated carbocycles. The molecule has 28 heavy (non-hydrogen) atoms. The number of benzene rings is 2. The molecule has 0 saturated heterocycles. The molecule has 1 N–H and O–H groups in total. The van der Waals surface area contributed by atoms with Crippen molar-refractivity contribution in [3.8, 4) is 5.75 Å². The molecule has 0 atom stereocenters. The van der Waals surface area contributed by atoms with Crippen LogP contribution in [0.1, 0.15) is 19.4 Å². The number of hydrogen-bond acceptors (Lipinski definition) is 4. The normalized spacial score (nSPS) is 11.2. The molecule has 5 nitrogen and oxygen atoms in total. The summed E-state index contributed by atoms with van der Waals surface area (Å²) in [7, 11) is 1.56. The molecule has 0 aliphatic rings. The van der Waals surface area contributed by atoms with Gasteiger partial charge in [0.05, 0.1) is 29.6 Å². The van der Waals surface area contributed by atoms with E-state index in [1.165, 1.54) is 11.8 Å². The predicted octanol–water partition coefficient (Wildman–Crippen LogP) is 5.39. The minimum Gasteiger partial charge on any atom is -0.495 e. The summed E-state index contributed by atoms with van der Waals surface area (Å²) in [5.74, 6) is 1.16. The lowest BCUT2D eigenvalue weighted by Crippen LogP contribution is -2.15. The van der Waals surface area contributed by atoms with Gasteiger partial charge in [0.1, 0.15) is 5.75 Å². The maximum absolute atomic E-state index is 12.5. The van der Waals surface area contributed by atoms with Crippen molar-refractivity contribution in [3.05, 3.63) is 47.0 Å². The third kappa shape index (κ3) is 4.62. The Bertz CT molecular complexity index is 1000. The zero-order valence-corrected chi connectivity index (χ0v) is 18.0. The fourth-order valence-corrected chi connectivity index (χ4v) is 3.93. The number of halogens is 1. The van der Waals surface area contributed by atoms with Crippen LogP contribution in [0.15, 0.2) is 41.6 Å². The van der Waals surface area contributed by atoms with E-state index in [9.17, 15) is 4.79 Å². The molecule has 0 aliphatic carbocycles. The lowest BCUT2D eigenvalue weighted by molar-refractivity contribution is -0.113. The van der Waals surface area contributed by atoms with Crippen molar-refractivity contribution < 1.29 is 9.53 Å². The van der Waals surface area contributed by atoms with Gasteiger partial charge in [0.15, 0.2) is 5.16 Å². The molecule has 0 fully saturated rings. The Kier molecular flexibility index (Phi) is 6.52. The molecule has 0 aliphatic heterocycles. The van der Waals surface area contributed by atoms with Gasteiger partial charge in [-0.05, 0) is 36.6 Å². The summed E-state index contributed by atoms with van der Waals surface area (Å²) in [5, 5.41) is 4.37. The third-order valence-electron chi connectivity index (χ3n) is 4.25. The van der Waals surface area contributed by atoms with Crippen LogP contribution in [0.25, 0.3) is 11.0 Å². The number of ether oxygens (including phenoxy) is 1. The molecule has 0 spiro atoms. The number of aromatic nitrogens is 2. The highest BCUT2D eigenvalue weighted by atomic mass is 35.5. The minimum absolute atomic E-state index is 0.117. The van der Waals surface area contributed by atoms with Crippen LogP contribution in [0, 0.1) is 12.8 Å². The molecule has 0 radical (unpaired) electrons. The van der Waals surface area contributed by atoms with Gasteiger partial charge in [-0.1, -0.05) is 49.3 Å². The van der Waals surface area contributed by atoms with Gasteiger partial charge in [0.25, 0.3) is 0 Å². The van der Waals surface area contributed by atoms with Crippen LogP contribution in [-0.4, -0.2) is 28.3 Å². The summed E-state index contributed by atoms with van der Waals surface area (Å²) < 4.78 is 7.51. The Morgan fingerprint density at radius 3 is 2.79 bits per heavy atom. The molecule has 0 bridgehead atoms. The number of methoxy groups -OCH3 is 1. The predicted molar refractivity (Wildman–Crippen MR) is 117 cm³/mol. The first kappa shape index (κ1) is 20.6. The number of rotatable bonds is 7. The number of para-hydroxylation sites is 2. The van der Waals surface area contributed by atoms with E-state index in [1.54, 1.807) is 13.2 Å².